The van der Waals surface area contributed by atoms with Crippen LogP contribution >= 0.6 is 23.4 Å². The molecule has 0 spiro atoms. The summed E-state index contributed by atoms with van der Waals surface area (Å²) in [4.78, 5) is 9.56. The number of halogens is 2. The van der Waals surface area contributed by atoms with Gasteiger partial charge in [-0.25, -0.2) is 14.4 Å². The van der Waals surface area contributed by atoms with Gasteiger partial charge in [0, 0.05) is 16.4 Å². The molecular weight excluding hydrogens is 283 g/mol. The molecule has 1 aromatic carbocycles. The molecule has 0 radical (unpaired) electrons. The number of hydrogen-bond acceptors (Lipinski definition) is 3. The summed E-state index contributed by atoms with van der Waals surface area (Å²) in [5.41, 5.74) is 0.820. The van der Waals surface area contributed by atoms with Gasteiger partial charge in [-0.05, 0) is 25.1 Å². The van der Waals surface area contributed by atoms with E-state index in [4.69, 9.17) is 11.6 Å². The molecule has 0 fully saturated rings. The van der Waals surface area contributed by atoms with Crippen LogP contribution < -0.4 is 0 Å². The fourth-order valence-corrected chi connectivity index (χ4v) is 2.65. The second kappa shape index (κ2) is 5.88. The normalized spacial score (nSPS) is 11.1. The van der Waals surface area contributed by atoms with Crippen LogP contribution in [-0.2, 0) is 0 Å². The lowest BCUT2D eigenvalue weighted by Crippen LogP contribution is -2.01. The van der Waals surface area contributed by atoms with E-state index in [2.05, 4.69) is 9.97 Å². The first kappa shape index (κ1) is 14.3. The molecule has 19 heavy (non-hydrogen) atoms. The molecule has 2 aromatic rings. The van der Waals surface area contributed by atoms with Crippen molar-refractivity contribution in [3.8, 4) is 0 Å². The van der Waals surface area contributed by atoms with Gasteiger partial charge in [0.25, 0.3) is 0 Å². The van der Waals surface area contributed by atoms with Gasteiger partial charge in [0.2, 0.25) is 0 Å². The lowest BCUT2D eigenvalue weighted by atomic mass is 10.2. The van der Waals surface area contributed by atoms with Crippen LogP contribution in [0.25, 0.3) is 0 Å². The van der Waals surface area contributed by atoms with Crippen molar-refractivity contribution in [1.82, 2.24) is 9.97 Å². The molecule has 0 saturated carbocycles. The Morgan fingerprint density at radius 1 is 1.26 bits per heavy atom. The monoisotopic (exact) mass is 296 g/mol. The summed E-state index contributed by atoms with van der Waals surface area (Å²) >= 11 is 7.52. The molecular formula is C14H14ClFN2S. The second-order valence-corrected chi connectivity index (χ2v) is 5.94. The van der Waals surface area contributed by atoms with Gasteiger partial charge >= 0.3 is 0 Å². The average Bonchev–Trinajstić information content (AvgIpc) is 2.34. The van der Waals surface area contributed by atoms with Crippen LogP contribution in [0.15, 0.2) is 34.2 Å². The Morgan fingerprint density at radius 2 is 2.00 bits per heavy atom. The molecule has 0 amide bonds. The molecule has 2 rings (SSSR count). The van der Waals surface area contributed by atoms with Crippen LogP contribution in [0.1, 0.15) is 31.2 Å². The van der Waals surface area contributed by atoms with Crippen LogP contribution in [0.3, 0.4) is 0 Å². The smallest absolute Gasteiger partial charge is 0.136 e. The average molecular weight is 297 g/mol. The quantitative estimate of drug-likeness (QED) is 0.757. The molecule has 2 nitrogen and oxygen atoms in total. The maximum Gasteiger partial charge on any atom is 0.136 e. The maximum absolute atomic E-state index is 13.2. The molecule has 1 aromatic heterocycles. The van der Waals surface area contributed by atoms with E-state index in [-0.39, 0.29) is 11.7 Å². The van der Waals surface area contributed by atoms with E-state index in [1.807, 2.05) is 26.8 Å². The molecule has 0 aliphatic heterocycles. The van der Waals surface area contributed by atoms with E-state index in [0.717, 1.165) is 15.5 Å². The molecule has 0 bridgehead atoms. The SMILES string of the molecule is Cc1c(Cl)nc(C(C)C)nc1Sc1cccc(F)c1. The zero-order valence-corrected chi connectivity index (χ0v) is 12.5. The van der Waals surface area contributed by atoms with Crippen LogP contribution in [0.4, 0.5) is 4.39 Å². The van der Waals surface area contributed by atoms with Gasteiger partial charge in [-0.1, -0.05) is 43.3 Å². The van der Waals surface area contributed by atoms with Crippen LogP contribution in [0.5, 0.6) is 0 Å². The molecule has 0 N–H and O–H groups in total. The van der Waals surface area contributed by atoms with Gasteiger partial charge in [0.15, 0.2) is 0 Å². The largest absolute Gasteiger partial charge is 0.226 e. The molecule has 1 heterocycles. The van der Waals surface area contributed by atoms with Crippen molar-refractivity contribution in [2.24, 2.45) is 0 Å². The van der Waals surface area contributed by atoms with Crippen molar-refractivity contribution in [1.29, 1.82) is 0 Å². The van der Waals surface area contributed by atoms with Gasteiger partial charge in [0.05, 0.1) is 0 Å². The Hall–Kier alpha value is -1.13. The summed E-state index contributed by atoms with van der Waals surface area (Å²) in [6, 6.07) is 6.43. The Kier molecular flexibility index (Phi) is 4.42. The minimum Gasteiger partial charge on any atom is -0.226 e. The molecule has 0 aliphatic rings. The van der Waals surface area contributed by atoms with Gasteiger partial charge in [-0.15, -0.1) is 0 Å². The maximum atomic E-state index is 13.2. The zero-order valence-electron chi connectivity index (χ0n) is 10.9. The Labute approximate surface area is 121 Å². The summed E-state index contributed by atoms with van der Waals surface area (Å²) in [6.45, 7) is 5.89. The number of nitrogens with zero attached hydrogens (tertiary/aromatic N) is 2. The standard InChI is InChI=1S/C14H14ClFN2S/c1-8(2)13-17-12(15)9(3)14(18-13)19-11-6-4-5-10(16)7-11/h4-8H,1-3H3. The van der Waals surface area contributed by atoms with Crippen molar-refractivity contribution in [3.63, 3.8) is 0 Å². The summed E-state index contributed by atoms with van der Waals surface area (Å²) in [5.74, 6) is 0.645. The highest BCUT2D eigenvalue weighted by atomic mass is 35.5. The highest BCUT2D eigenvalue weighted by molar-refractivity contribution is 7.99. The molecule has 0 saturated heterocycles. The Bertz CT molecular complexity index is 602. The minimum atomic E-state index is -0.258. The molecule has 0 unspecified atom stereocenters. The van der Waals surface area contributed by atoms with Crippen LogP contribution in [0, 0.1) is 12.7 Å². The number of rotatable bonds is 3. The van der Waals surface area contributed by atoms with Crippen LogP contribution in [-0.4, -0.2) is 9.97 Å². The number of benzene rings is 1. The summed E-state index contributed by atoms with van der Waals surface area (Å²) in [7, 11) is 0. The highest BCUT2D eigenvalue weighted by Crippen LogP contribution is 2.32. The number of hydrogen-bond donors (Lipinski definition) is 0. The van der Waals surface area contributed by atoms with Crippen molar-refractivity contribution in [3.05, 3.63) is 46.6 Å². The second-order valence-electron chi connectivity index (χ2n) is 4.52. The lowest BCUT2D eigenvalue weighted by Gasteiger charge is -2.10. The van der Waals surface area contributed by atoms with Gasteiger partial charge < -0.3 is 0 Å². The number of aromatic nitrogens is 2. The summed E-state index contributed by atoms with van der Waals surface area (Å²) < 4.78 is 13.2. The molecule has 100 valence electrons. The van der Waals surface area contributed by atoms with Gasteiger partial charge in [0.1, 0.15) is 21.8 Å². The zero-order chi connectivity index (χ0) is 14.0. The van der Waals surface area contributed by atoms with Gasteiger partial charge in [-0.3, -0.25) is 0 Å². The highest BCUT2D eigenvalue weighted by Gasteiger charge is 2.13. The Balaban J connectivity index is 2.39. The first-order valence-electron chi connectivity index (χ1n) is 5.95. The van der Waals surface area contributed by atoms with E-state index in [0.29, 0.717) is 11.0 Å². The summed E-state index contributed by atoms with van der Waals surface area (Å²) in [6.07, 6.45) is 0. The predicted molar refractivity (Wildman–Crippen MR) is 76.4 cm³/mol. The lowest BCUT2D eigenvalue weighted by molar-refractivity contribution is 0.624. The van der Waals surface area contributed by atoms with Gasteiger partial charge in [-0.2, -0.15) is 0 Å². The van der Waals surface area contributed by atoms with E-state index in [1.54, 1.807) is 6.07 Å². The third-order valence-corrected chi connectivity index (χ3v) is 4.03. The van der Waals surface area contributed by atoms with Crippen molar-refractivity contribution < 1.29 is 4.39 Å². The van der Waals surface area contributed by atoms with E-state index in [1.165, 1.54) is 23.9 Å². The van der Waals surface area contributed by atoms with Crippen LogP contribution in [0.2, 0.25) is 5.15 Å². The minimum absolute atomic E-state index is 0.199. The third-order valence-electron chi connectivity index (χ3n) is 2.59. The van der Waals surface area contributed by atoms with E-state index >= 15 is 0 Å². The summed E-state index contributed by atoms with van der Waals surface area (Å²) in [5, 5.41) is 1.23. The van der Waals surface area contributed by atoms with E-state index in [9.17, 15) is 4.39 Å². The first-order chi connectivity index (χ1) is 8.97. The molecule has 0 aliphatic carbocycles. The fourth-order valence-electron chi connectivity index (χ4n) is 1.49. The van der Waals surface area contributed by atoms with Crippen molar-refractivity contribution in [2.45, 2.75) is 36.6 Å². The van der Waals surface area contributed by atoms with E-state index < -0.39 is 0 Å². The molecule has 5 heteroatoms. The first-order valence-corrected chi connectivity index (χ1v) is 7.14. The predicted octanol–water partition coefficient (Wildman–Crippen LogP) is 4.85. The molecule has 0 atom stereocenters. The van der Waals surface area contributed by atoms with Crippen molar-refractivity contribution >= 4 is 23.4 Å². The fraction of sp³-hybridized carbons (Fsp3) is 0.286. The van der Waals surface area contributed by atoms with Crippen molar-refractivity contribution in [2.75, 3.05) is 0 Å². The Morgan fingerprint density at radius 3 is 2.63 bits per heavy atom. The third kappa shape index (κ3) is 3.45. The topological polar surface area (TPSA) is 25.8 Å².